The van der Waals surface area contributed by atoms with Crippen molar-refractivity contribution in [3.05, 3.63) is 72.4 Å². The van der Waals surface area contributed by atoms with Crippen LogP contribution >= 0.6 is 0 Å². The molecule has 2 rings (SSSR count). The molecule has 0 saturated carbocycles. The van der Waals surface area contributed by atoms with Gasteiger partial charge in [-0.15, -0.1) is 0 Å². The van der Waals surface area contributed by atoms with Crippen molar-refractivity contribution in [1.29, 1.82) is 0 Å². The van der Waals surface area contributed by atoms with Gasteiger partial charge in [-0.25, -0.2) is 4.79 Å². The van der Waals surface area contributed by atoms with Crippen LogP contribution in [0, 0.1) is 0 Å². The number of carbonyl (C=O) groups is 1. The maximum atomic E-state index is 13.6. The van der Waals surface area contributed by atoms with Crippen molar-refractivity contribution in [2.24, 2.45) is 0 Å². The molecule has 1 atom stereocenters. The number of aliphatic hydroxyl groups excluding tert-OH is 1. The SMILES string of the molecule is C=C(/C=C\C/C=C\C)CC(OCCCO)(C(=O)OC1CCN(C)CC1)c1ccccc1. The van der Waals surface area contributed by atoms with Crippen LogP contribution in [0.2, 0.25) is 0 Å². The minimum atomic E-state index is -1.29. The van der Waals surface area contributed by atoms with E-state index in [-0.39, 0.29) is 25.3 Å². The molecule has 0 bridgehead atoms. The van der Waals surface area contributed by atoms with Crippen molar-refractivity contribution in [1.82, 2.24) is 4.90 Å². The summed E-state index contributed by atoms with van der Waals surface area (Å²) in [5.41, 5.74) is 0.244. The van der Waals surface area contributed by atoms with Crippen LogP contribution < -0.4 is 0 Å². The van der Waals surface area contributed by atoms with Gasteiger partial charge in [0.05, 0.1) is 6.61 Å². The van der Waals surface area contributed by atoms with Gasteiger partial charge in [-0.2, -0.15) is 0 Å². The number of rotatable bonds is 12. The number of carbonyl (C=O) groups excluding carboxylic acids is 1. The van der Waals surface area contributed by atoms with Crippen molar-refractivity contribution in [2.75, 3.05) is 33.4 Å². The third-order valence-electron chi connectivity index (χ3n) is 5.50. The molecule has 1 aromatic carbocycles. The Labute approximate surface area is 187 Å². The molecule has 0 amide bonds. The second-order valence-corrected chi connectivity index (χ2v) is 8.07. The van der Waals surface area contributed by atoms with Gasteiger partial charge in [-0.1, -0.05) is 66.8 Å². The predicted molar refractivity (Wildman–Crippen MR) is 125 cm³/mol. The second kappa shape index (κ2) is 13.3. The van der Waals surface area contributed by atoms with Gasteiger partial charge in [0, 0.05) is 26.1 Å². The van der Waals surface area contributed by atoms with Crippen LogP contribution in [0.4, 0.5) is 0 Å². The maximum Gasteiger partial charge on any atom is 0.343 e. The summed E-state index contributed by atoms with van der Waals surface area (Å²) in [4.78, 5) is 15.9. The number of ether oxygens (including phenoxy) is 2. The topological polar surface area (TPSA) is 59.0 Å². The molecule has 0 radical (unpaired) electrons. The van der Waals surface area contributed by atoms with Gasteiger partial charge in [0.1, 0.15) is 6.10 Å². The number of allylic oxidation sites excluding steroid dienone is 4. The zero-order valence-electron chi connectivity index (χ0n) is 19.0. The largest absolute Gasteiger partial charge is 0.460 e. The molecule has 1 unspecified atom stereocenters. The summed E-state index contributed by atoms with van der Waals surface area (Å²) in [6.07, 6.45) is 11.1. The van der Waals surface area contributed by atoms with Gasteiger partial charge in [0.25, 0.3) is 0 Å². The summed E-state index contributed by atoms with van der Waals surface area (Å²) >= 11 is 0. The van der Waals surface area contributed by atoms with Crippen molar-refractivity contribution in [2.45, 2.75) is 50.7 Å². The van der Waals surface area contributed by atoms with E-state index in [0.717, 1.165) is 43.5 Å². The number of hydrogen-bond acceptors (Lipinski definition) is 5. The molecule has 5 nitrogen and oxygen atoms in total. The summed E-state index contributed by atoms with van der Waals surface area (Å²) in [5, 5.41) is 9.27. The van der Waals surface area contributed by atoms with E-state index in [0.29, 0.717) is 12.8 Å². The monoisotopic (exact) mass is 427 g/mol. The van der Waals surface area contributed by atoms with Gasteiger partial charge in [-0.3, -0.25) is 0 Å². The molecule has 1 saturated heterocycles. The lowest BCUT2D eigenvalue weighted by molar-refractivity contribution is -0.182. The Morgan fingerprint density at radius 2 is 1.97 bits per heavy atom. The second-order valence-electron chi connectivity index (χ2n) is 8.07. The molecule has 0 aromatic heterocycles. The van der Waals surface area contributed by atoms with Crippen LogP contribution in [-0.4, -0.2) is 55.4 Å². The number of aliphatic hydroxyl groups is 1. The summed E-state index contributed by atoms with van der Waals surface area (Å²) < 4.78 is 12.2. The maximum absolute atomic E-state index is 13.6. The number of benzene rings is 1. The molecule has 31 heavy (non-hydrogen) atoms. The molecule has 1 N–H and O–H groups in total. The quantitative estimate of drug-likeness (QED) is 0.232. The number of esters is 1. The Morgan fingerprint density at radius 1 is 1.26 bits per heavy atom. The minimum Gasteiger partial charge on any atom is -0.460 e. The lowest BCUT2D eigenvalue weighted by Crippen LogP contribution is -2.44. The van der Waals surface area contributed by atoms with E-state index in [4.69, 9.17) is 9.47 Å². The zero-order valence-corrected chi connectivity index (χ0v) is 19.0. The highest BCUT2D eigenvalue weighted by molar-refractivity contribution is 5.82. The first-order chi connectivity index (χ1) is 15.0. The fourth-order valence-electron chi connectivity index (χ4n) is 3.68. The third-order valence-corrected chi connectivity index (χ3v) is 5.50. The molecule has 0 aliphatic carbocycles. The minimum absolute atomic E-state index is 0.000914. The van der Waals surface area contributed by atoms with Crippen molar-refractivity contribution in [3.8, 4) is 0 Å². The number of likely N-dealkylation sites (tertiary alicyclic amines) is 1. The highest BCUT2D eigenvalue weighted by Gasteiger charge is 2.44. The summed E-state index contributed by atoms with van der Waals surface area (Å²) in [5.74, 6) is -0.380. The lowest BCUT2D eigenvalue weighted by Gasteiger charge is -2.36. The first kappa shape index (κ1) is 25.1. The lowest BCUT2D eigenvalue weighted by atomic mass is 9.86. The summed E-state index contributed by atoms with van der Waals surface area (Å²) in [6, 6.07) is 9.49. The zero-order chi connectivity index (χ0) is 22.5. The van der Waals surface area contributed by atoms with Crippen molar-refractivity contribution < 1.29 is 19.4 Å². The third kappa shape index (κ3) is 7.76. The molecule has 1 aliphatic heterocycles. The fraction of sp³-hybridized carbons (Fsp3) is 0.500. The van der Waals surface area contributed by atoms with Crippen LogP contribution in [0.15, 0.2) is 66.8 Å². The highest BCUT2D eigenvalue weighted by Crippen LogP contribution is 2.35. The first-order valence-corrected chi connectivity index (χ1v) is 11.2. The molecule has 1 heterocycles. The molecule has 0 spiro atoms. The summed E-state index contributed by atoms with van der Waals surface area (Å²) in [7, 11) is 2.08. The van der Waals surface area contributed by atoms with E-state index < -0.39 is 5.60 Å². The van der Waals surface area contributed by atoms with Gasteiger partial charge < -0.3 is 19.5 Å². The first-order valence-electron chi connectivity index (χ1n) is 11.2. The summed E-state index contributed by atoms with van der Waals surface area (Å²) in [6.45, 7) is 8.22. The standard InChI is InChI=1S/C26H37NO4/c1-4-5-6-8-12-22(2)21-26(30-20-11-19-28,23-13-9-7-10-14-23)25(29)31-24-15-17-27(3)18-16-24/h4-5,7-10,12-14,24,28H,2,6,11,15-21H2,1,3H3/b5-4-,12-8-. The van der Waals surface area contributed by atoms with Crippen LogP contribution in [0.1, 0.15) is 44.6 Å². The van der Waals surface area contributed by atoms with E-state index >= 15 is 0 Å². The number of hydrogen-bond donors (Lipinski definition) is 1. The van der Waals surface area contributed by atoms with Gasteiger partial charge in [0.15, 0.2) is 5.60 Å². The molecule has 5 heteroatoms. The number of nitrogens with zero attached hydrogens (tertiary/aromatic N) is 1. The highest BCUT2D eigenvalue weighted by atomic mass is 16.6. The van der Waals surface area contributed by atoms with E-state index in [1.165, 1.54) is 0 Å². The Kier molecular flexibility index (Phi) is 10.7. The van der Waals surface area contributed by atoms with Crippen LogP contribution in [0.25, 0.3) is 0 Å². The van der Waals surface area contributed by atoms with Crippen LogP contribution in [0.5, 0.6) is 0 Å². The van der Waals surface area contributed by atoms with E-state index in [9.17, 15) is 9.90 Å². The average molecular weight is 428 g/mol. The molecule has 1 aliphatic rings. The van der Waals surface area contributed by atoms with Gasteiger partial charge in [-0.05, 0) is 45.2 Å². The molecule has 1 aromatic rings. The Balaban J connectivity index is 2.30. The van der Waals surface area contributed by atoms with Gasteiger partial charge >= 0.3 is 5.97 Å². The Bertz CT molecular complexity index is 735. The van der Waals surface area contributed by atoms with E-state index in [1.54, 1.807) is 0 Å². The Morgan fingerprint density at radius 3 is 2.61 bits per heavy atom. The van der Waals surface area contributed by atoms with Gasteiger partial charge in [0.2, 0.25) is 0 Å². The van der Waals surface area contributed by atoms with E-state index in [1.807, 2.05) is 55.5 Å². The van der Waals surface area contributed by atoms with E-state index in [2.05, 4.69) is 24.6 Å². The molecular formula is C26H37NO4. The van der Waals surface area contributed by atoms with Crippen LogP contribution in [0.3, 0.4) is 0 Å². The molecule has 1 fully saturated rings. The molecular weight excluding hydrogens is 390 g/mol. The normalized spacial score (nSPS) is 17.8. The van der Waals surface area contributed by atoms with Crippen molar-refractivity contribution in [3.63, 3.8) is 0 Å². The van der Waals surface area contributed by atoms with Crippen molar-refractivity contribution >= 4 is 5.97 Å². The predicted octanol–water partition coefficient (Wildman–Crippen LogP) is 4.39. The average Bonchev–Trinajstić information content (AvgIpc) is 2.78. The smallest absolute Gasteiger partial charge is 0.343 e. The fourth-order valence-corrected chi connectivity index (χ4v) is 3.68. The molecule has 170 valence electrons. The Hall–Kier alpha value is -2.21. The number of piperidine rings is 1. The van der Waals surface area contributed by atoms with Crippen LogP contribution in [-0.2, 0) is 19.9 Å².